The topological polar surface area (TPSA) is 49.4 Å². The molecule has 2 aromatic rings. The van der Waals surface area contributed by atoms with Crippen LogP contribution in [0, 0.1) is 0 Å². The molecule has 0 aliphatic heterocycles. The van der Waals surface area contributed by atoms with Crippen molar-refractivity contribution in [3.63, 3.8) is 0 Å². The summed E-state index contributed by atoms with van der Waals surface area (Å²) in [7, 11) is 0. The van der Waals surface area contributed by atoms with E-state index in [9.17, 15) is 9.59 Å². The number of halogens is 1. The largest absolute Gasteiger partial charge is 0.339 e. The fraction of sp³-hybridized carbons (Fsp3) is 0.300. The van der Waals surface area contributed by atoms with E-state index < -0.39 is 0 Å². The number of benzene rings is 2. The quantitative estimate of drug-likeness (QED) is 0.768. The van der Waals surface area contributed by atoms with Crippen molar-refractivity contribution in [3.8, 4) is 0 Å². The third kappa shape index (κ3) is 5.33. The third-order valence-corrected chi connectivity index (χ3v) is 3.96. The van der Waals surface area contributed by atoms with Gasteiger partial charge in [-0.25, -0.2) is 0 Å². The lowest BCUT2D eigenvalue weighted by atomic mass is 10.1. The second-order valence-electron chi connectivity index (χ2n) is 5.84. The monoisotopic (exact) mass is 358 g/mol. The average molecular weight is 359 g/mol. The van der Waals surface area contributed by atoms with Crippen molar-refractivity contribution in [1.82, 2.24) is 4.90 Å². The van der Waals surface area contributed by atoms with Crippen molar-refractivity contribution in [2.24, 2.45) is 0 Å². The first-order chi connectivity index (χ1) is 12.0. The number of rotatable bonds is 7. The van der Waals surface area contributed by atoms with Gasteiger partial charge < -0.3 is 10.2 Å². The fourth-order valence-electron chi connectivity index (χ4n) is 2.60. The summed E-state index contributed by atoms with van der Waals surface area (Å²) in [6, 6.07) is 13.8. The summed E-state index contributed by atoms with van der Waals surface area (Å²) in [5.74, 6) is -0.270. The number of nitrogens with zero attached hydrogens (tertiary/aromatic N) is 1. The molecule has 1 N–H and O–H groups in total. The van der Waals surface area contributed by atoms with E-state index in [0.29, 0.717) is 21.8 Å². The van der Waals surface area contributed by atoms with Gasteiger partial charge in [0.25, 0.3) is 11.8 Å². The normalized spacial score (nSPS) is 10.4. The number of nitrogens with one attached hydrogen (secondary N) is 1. The minimum atomic E-state index is -0.258. The highest BCUT2D eigenvalue weighted by Gasteiger charge is 2.15. The zero-order valence-corrected chi connectivity index (χ0v) is 15.3. The summed E-state index contributed by atoms with van der Waals surface area (Å²) in [4.78, 5) is 26.8. The predicted octanol–water partition coefficient (Wildman–Crippen LogP) is 4.85. The Morgan fingerprint density at radius 2 is 1.60 bits per heavy atom. The molecule has 0 aromatic heterocycles. The molecule has 0 radical (unpaired) electrons. The van der Waals surface area contributed by atoms with E-state index in [0.717, 1.165) is 25.9 Å². The third-order valence-electron chi connectivity index (χ3n) is 3.73. The summed E-state index contributed by atoms with van der Waals surface area (Å²) >= 11 is 5.92. The fourth-order valence-corrected chi connectivity index (χ4v) is 2.79. The lowest BCUT2D eigenvalue weighted by molar-refractivity contribution is 0.0755. The van der Waals surface area contributed by atoms with Gasteiger partial charge in [-0.3, -0.25) is 9.59 Å². The summed E-state index contributed by atoms with van der Waals surface area (Å²) in [5.41, 5.74) is 1.64. The van der Waals surface area contributed by atoms with Crippen LogP contribution >= 0.6 is 11.6 Å². The Morgan fingerprint density at radius 3 is 2.24 bits per heavy atom. The van der Waals surface area contributed by atoms with Crippen molar-refractivity contribution >= 4 is 29.1 Å². The molecule has 0 heterocycles. The van der Waals surface area contributed by atoms with Crippen LogP contribution in [0.1, 0.15) is 47.4 Å². The molecule has 0 fully saturated rings. The van der Waals surface area contributed by atoms with Crippen molar-refractivity contribution in [2.45, 2.75) is 26.7 Å². The van der Waals surface area contributed by atoms with Crippen LogP contribution < -0.4 is 5.32 Å². The zero-order valence-electron chi connectivity index (χ0n) is 14.6. The van der Waals surface area contributed by atoms with Gasteiger partial charge in [0, 0.05) is 34.9 Å². The van der Waals surface area contributed by atoms with E-state index in [2.05, 4.69) is 19.2 Å². The molecule has 2 amide bonds. The molecule has 0 saturated heterocycles. The summed E-state index contributed by atoms with van der Waals surface area (Å²) in [6.07, 6.45) is 1.83. The summed E-state index contributed by atoms with van der Waals surface area (Å²) < 4.78 is 0. The second kappa shape index (κ2) is 9.23. The lowest BCUT2D eigenvalue weighted by Crippen LogP contribution is -2.32. The number of hydrogen-bond acceptors (Lipinski definition) is 2. The maximum atomic E-state index is 12.7. The van der Waals surface area contributed by atoms with Crippen molar-refractivity contribution in [3.05, 3.63) is 64.7 Å². The molecule has 2 aromatic carbocycles. The molecular formula is C20H23ClN2O2. The molecule has 5 heteroatoms. The molecule has 25 heavy (non-hydrogen) atoms. The molecule has 0 bridgehead atoms. The van der Waals surface area contributed by atoms with Gasteiger partial charge in [0.05, 0.1) is 0 Å². The highest BCUT2D eigenvalue weighted by atomic mass is 35.5. The smallest absolute Gasteiger partial charge is 0.255 e. The van der Waals surface area contributed by atoms with E-state index in [1.807, 2.05) is 4.90 Å². The predicted molar refractivity (Wildman–Crippen MR) is 102 cm³/mol. The number of amides is 2. The molecular weight excluding hydrogens is 336 g/mol. The van der Waals surface area contributed by atoms with Crippen molar-refractivity contribution < 1.29 is 9.59 Å². The molecule has 0 aliphatic carbocycles. The molecule has 0 unspecified atom stereocenters. The van der Waals surface area contributed by atoms with Crippen LogP contribution in [0.15, 0.2) is 48.5 Å². The first-order valence-corrected chi connectivity index (χ1v) is 8.89. The van der Waals surface area contributed by atoms with Gasteiger partial charge >= 0.3 is 0 Å². The van der Waals surface area contributed by atoms with Gasteiger partial charge in [-0.05, 0) is 49.2 Å². The second-order valence-corrected chi connectivity index (χ2v) is 6.27. The Kier molecular flexibility index (Phi) is 7.02. The summed E-state index contributed by atoms with van der Waals surface area (Å²) in [6.45, 7) is 5.56. The van der Waals surface area contributed by atoms with Crippen LogP contribution in [0.5, 0.6) is 0 Å². The van der Waals surface area contributed by atoms with Gasteiger partial charge in [0.1, 0.15) is 0 Å². The van der Waals surface area contributed by atoms with Crippen LogP contribution in [0.3, 0.4) is 0 Å². The highest BCUT2D eigenvalue weighted by molar-refractivity contribution is 6.31. The van der Waals surface area contributed by atoms with Crippen molar-refractivity contribution in [1.29, 1.82) is 0 Å². The Hall–Kier alpha value is -2.33. The zero-order chi connectivity index (χ0) is 18.2. The van der Waals surface area contributed by atoms with E-state index >= 15 is 0 Å². The number of hydrogen-bond donors (Lipinski definition) is 1. The average Bonchev–Trinajstić information content (AvgIpc) is 2.61. The van der Waals surface area contributed by atoms with Crippen LogP contribution in [0.25, 0.3) is 0 Å². The Morgan fingerprint density at radius 1 is 0.960 bits per heavy atom. The molecule has 0 saturated carbocycles. The Bertz CT molecular complexity index is 740. The molecule has 132 valence electrons. The maximum Gasteiger partial charge on any atom is 0.255 e. The molecule has 4 nitrogen and oxygen atoms in total. The first-order valence-electron chi connectivity index (χ1n) is 8.51. The minimum absolute atomic E-state index is 0.0115. The number of carbonyl (C=O) groups is 2. The SMILES string of the molecule is CCCN(CCC)C(=O)c1cccc(NC(=O)c2cccc(Cl)c2)c1. The summed E-state index contributed by atoms with van der Waals surface area (Å²) in [5, 5.41) is 3.32. The van der Waals surface area contributed by atoms with E-state index in [1.165, 1.54) is 0 Å². The van der Waals surface area contributed by atoms with Gasteiger partial charge in [-0.1, -0.05) is 37.6 Å². The Balaban J connectivity index is 2.15. The van der Waals surface area contributed by atoms with Crippen LogP contribution in [-0.4, -0.2) is 29.8 Å². The maximum absolute atomic E-state index is 12.7. The first kappa shape index (κ1) is 19.0. The van der Waals surface area contributed by atoms with Gasteiger partial charge in [0.15, 0.2) is 0 Å². The molecule has 0 spiro atoms. The van der Waals surface area contributed by atoms with E-state index in [-0.39, 0.29) is 11.8 Å². The van der Waals surface area contributed by atoms with Crippen LogP contribution in [-0.2, 0) is 0 Å². The Labute approximate surface area is 153 Å². The molecule has 0 atom stereocenters. The highest BCUT2D eigenvalue weighted by Crippen LogP contribution is 2.16. The minimum Gasteiger partial charge on any atom is -0.339 e. The van der Waals surface area contributed by atoms with Crippen LogP contribution in [0.4, 0.5) is 5.69 Å². The number of carbonyl (C=O) groups excluding carboxylic acids is 2. The molecule has 2 rings (SSSR count). The van der Waals surface area contributed by atoms with Gasteiger partial charge in [-0.15, -0.1) is 0 Å². The van der Waals surface area contributed by atoms with E-state index in [1.54, 1.807) is 48.5 Å². The lowest BCUT2D eigenvalue weighted by Gasteiger charge is -2.21. The van der Waals surface area contributed by atoms with E-state index in [4.69, 9.17) is 11.6 Å². The standard InChI is InChI=1S/C20H23ClN2O2/c1-3-11-23(12-4-2)20(25)16-8-6-10-18(14-16)22-19(24)15-7-5-9-17(21)13-15/h5-10,13-14H,3-4,11-12H2,1-2H3,(H,22,24). The number of anilines is 1. The van der Waals surface area contributed by atoms with Gasteiger partial charge in [0.2, 0.25) is 0 Å². The van der Waals surface area contributed by atoms with Crippen molar-refractivity contribution in [2.75, 3.05) is 18.4 Å². The van der Waals surface area contributed by atoms with Crippen LogP contribution in [0.2, 0.25) is 5.02 Å². The van der Waals surface area contributed by atoms with Gasteiger partial charge in [-0.2, -0.15) is 0 Å². The molecule has 0 aliphatic rings.